The maximum atomic E-state index is 12.2. The molecule has 0 aliphatic heterocycles. The van der Waals surface area contributed by atoms with Gasteiger partial charge in [-0.3, -0.25) is 9.10 Å². The van der Waals surface area contributed by atoms with E-state index in [1.807, 2.05) is 13.8 Å². The molecular formula is C15H23BrN2O3S. The molecule has 0 atom stereocenters. The van der Waals surface area contributed by atoms with Crippen LogP contribution in [0, 0.1) is 6.92 Å². The van der Waals surface area contributed by atoms with E-state index in [0.29, 0.717) is 12.2 Å². The van der Waals surface area contributed by atoms with Crippen LogP contribution < -0.4 is 4.31 Å². The van der Waals surface area contributed by atoms with Crippen molar-refractivity contribution in [1.82, 2.24) is 4.90 Å². The number of halogens is 1. The Balaban J connectivity index is 3.00. The SMILES string of the molecule is CCCCN(C)C(=O)CN(c1ccc(Br)c(C)c1)S(C)(=O)=O. The van der Waals surface area contributed by atoms with Gasteiger partial charge in [-0.2, -0.15) is 0 Å². The molecule has 0 heterocycles. The Bertz CT molecular complexity index is 632. The predicted molar refractivity (Wildman–Crippen MR) is 93.6 cm³/mol. The number of hydrogen-bond acceptors (Lipinski definition) is 3. The van der Waals surface area contributed by atoms with Crippen LogP contribution >= 0.6 is 15.9 Å². The molecule has 0 N–H and O–H groups in total. The van der Waals surface area contributed by atoms with E-state index >= 15 is 0 Å². The number of anilines is 1. The minimum atomic E-state index is -3.53. The van der Waals surface area contributed by atoms with E-state index in [9.17, 15) is 13.2 Å². The monoisotopic (exact) mass is 390 g/mol. The van der Waals surface area contributed by atoms with Crippen LogP contribution in [0.3, 0.4) is 0 Å². The fraction of sp³-hybridized carbons (Fsp3) is 0.533. The Morgan fingerprint density at radius 3 is 2.45 bits per heavy atom. The van der Waals surface area contributed by atoms with E-state index in [-0.39, 0.29) is 12.5 Å². The molecule has 0 aromatic heterocycles. The van der Waals surface area contributed by atoms with Gasteiger partial charge in [0.05, 0.1) is 11.9 Å². The van der Waals surface area contributed by atoms with Crippen molar-refractivity contribution < 1.29 is 13.2 Å². The predicted octanol–water partition coefficient (Wildman–Crippen LogP) is 2.78. The molecule has 1 aromatic rings. The second kappa shape index (κ2) is 7.97. The normalized spacial score (nSPS) is 11.3. The maximum absolute atomic E-state index is 12.2. The van der Waals surface area contributed by atoms with Crippen LogP contribution in [0.25, 0.3) is 0 Å². The molecule has 0 bridgehead atoms. The van der Waals surface area contributed by atoms with E-state index in [1.54, 1.807) is 30.1 Å². The Kier molecular flexibility index (Phi) is 6.87. The number of benzene rings is 1. The second-order valence-electron chi connectivity index (χ2n) is 5.37. The molecule has 7 heteroatoms. The van der Waals surface area contributed by atoms with Gasteiger partial charge in [-0.15, -0.1) is 0 Å². The number of carbonyl (C=O) groups excluding carboxylic acids is 1. The minimum absolute atomic E-state index is 0.180. The molecule has 0 saturated heterocycles. The Labute approximate surface area is 141 Å². The van der Waals surface area contributed by atoms with Gasteiger partial charge < -0.3 is 4.90 Å². The summed E-state index contributed by atoms with van der Waals surface area (Å²) in [6.07, 6.45) is 3.00. The minimum Gasteiger partial charge on any atom is -0.344 e. The van der Waals surface area contributed by atoms with E-state index in [2.05, 4.69) is 15.9 Å². The number of amides is 1. The summed E-state index contributed by atoms with van der Waals surface area (Å²) < 4.78 is 26.1. The molecule has 0 aliphatic carbocycles. The zero-order valence-electron chi connectivity index (χ0n) is 13.5. The average molecular weight is 391 g/mol. The lowest BCUT2D eigenvalue weighted by molar-refractivity contribution is -0.128. The summed E-state index contributed by atoms with van der Waals surface area (Å²) in [6, 6.07) is 5.23. The molecule has 0 fully saturated rings. The first kappa shape index (κ1) is 19.0. The highest BCUT2D eigenvalue weighted by atomic mass is 79.9. The highest BCUT2D eigenvalue weighted by Crippen LogP contribution is 2.24. The summed E-state index contributed by atoms with van der Waals surface area (Å²) in [5, 5.41) is 0. The smallest absolute Gasteiger partial charge is 0.243 e. The first-order valence-electron chi connectivity index (χ1n) is 7.14. The van der Waals surface area contributed by atoms with Gasteiger partial charge in [0, 0.05) is 18.1 Å². The molecule has 0 radical (unpaired) electrons. The highest BCUT2D eigenvalue weighted by molar-refractivity contribution is 9.10. The quantitative estimate of drug-likeness (QED) is 0.718. The Hall–Kier alpha value is -1.08. The topological polar surface area (TPSA) is 57.7 Å². The van der Waals surface area contributed by atoms with Crippen molar-refractivity contribution in [2.75, 3.05) is 30.7 Å². The molecule has 1 rings (SSSR count). The van der Waals surface area contributed by atoms with Gasteiger partial charge in [0.15, 0.2) is 0 Å². The summed E-state index contributed by atoms with van der Waals surface area (Å²) in [5.41, 5.74) is 1.42. The summed E-state index contributed by atoms with van der Waals surface area (Å²) in [7, 11) is -1.83. The van der Waals surface area contributed by atoms with Crippen molar-refractivity contribution in [2.24, 2.45) is 0 Å². The number of aryl methyl sites for hydroxylation is 1. The standard InChI is InChI=1S/C15H23BrN2O3S/c1-5-6-9-17(3)15(19)11-18(22(4,20)21)13-7-8-14(16)12(2)10-13/h7-8,10H,5-6,9,11H2,1-4H3. The van der Waals surface area contributed by atoms with E-state index in [4.69, 9.17) is 0 Å². The van der Waals surface area contributed by atoms with E-state index in [1.165, 1.54) is 0 Å². The number of carbonyl (C=O) groups is 1. The van der Waals surface area contributed by atoms with Crippen molar-refractivity contribution in [2.45, 2.75) is 26.7 Å². The van der Waals surface area contributed by atoms with E-state index in [0.717, 1.165) is 33.4 Å². The number of nitrogens with zero attached hydrogens (tertiary/aromatic N) is 2. The molecule has 124 valence electrons. The first-order valence-corrected chi connectivity index (χ1v) is 9.78. The lowest BCUT2D eigenvalue weighted by Gasteiger charge is -2.25. The third-order valence-electron chi connectivity index (χ3n) is 3.38. The van der Waals surface area contributed by atoms with Gasteiger partial charge >= 0.3 is 0 Å². The van der Waals surface area contributed by atoms with Crippen LogP contribution in [0.1, 0.15) is 25.3 Å². The summed E-state index contributed by atoms with van der Waals surface area (Å²) >= 11 is 3.39. The largest absolute Gasteiger partial charge is 0.344 e. The zero-order chi connectivity index (χ0) is 16.9. The van der Waals surface area contributed by atoms with Crippen molar-refractivity contribution >= 4 is 37.5 Å². The molecule has 0 aliphatic rings. The molecule has 22 heavy (non-hydrogen) atoms. The number of hydrogen-bond donors (Lipinski definition) is 0. The lowest BCUT2D eigenvalue weighted by Crippen LogP contribution is -2.41. The number of unbranched alkanes of at least 4 members (excludes halogenated alkanes) is 1. The highest BCUT2D eigenvalue weighted by Gasteiger charge is 2.22. The Morgan fingerprint density at radius 2 is 1.95 bits per heavy atom. The number of likely N-dealkylation sites (N-methyl/N-ethyl adjacent to an activating group) is 1. The van der Waals surface area contributed by atoms with Crippen LogP contribution in [0.4, 0.5) is 5.69 Å². The van der Waals surface area contributed by atoms with Crippen molar-refractivity contribution in [1.29, 1.82) is 0 Å². The molecule has 1 amide bonds. The van der Waals surface area contributed by atoms with Crippen molar-refractivity contribution in [3.05, 3.63) is 28.2 Å². The lowest BCUT2D eigenvalue weighted by atomic mass is 10.2. The van der Waals surface area contributed by atoms with Crippen LogP contribution in [-0.4, -0.2) is 45.6 Å². The van der Waals surface area contributed by atoms with Crippen molar-refractivity contribution in [3.63, 3.8) is 0 Å². The zero-order valence-corrected chi connectivity index (χ0v) is 15.9. The Morgan fingerprint density at radius 1 is 1.32 bits per heavy atom. The molecule has 0 spiro atoms. The molecule has 0 saturated carbocycles. The molecule has 1 aromatic carbocycles. The van der Waals surface area contributed by atoms with Gasteiger partial charge in [-0.05, 0) is 37.1 Å². The van der Waals surface area contributed by atoms with Gasteiger partial charge in [0.25, 0.3) is 0 Å². The van der Waals surface area contributed by atoms with Crippen LogP contribution in [0.2, 0.25) is 0 Å². The summed E-state index contributed by atoms with van der Waals surface area (Å²) in [5.74, 6) is -0.209. The van der Waals surface area contributed by atoms with Gasteiger partial charge in [-0.1, -0.05) is 29.3 Å². The fourth-order valence-corrected chi connectivity index (χ4v) is 3.04. The first-order chi connectivity index (χ1) is 10.2. The summed E-state index contributed by atoms with van der Waals surface area (Å²) in [4.78, 5) is 13.8. The second-order valence-corrected chi connectivity index (χ2v) is 8.13. The number of rotatable bonds is 7. The maximum Gasteiger partial charge on any atom is 0.243 e. The third kappa shape index (κ3) is 5.28. The number of sulfonamides is 1. The third-order valence-corrected chi connectivity index (χ3v) is 5.41. The van der Waals surface area contributed by atoms with E-state index < -0.39 is 10.0 Å². The van der Waals surface area contributed by atoms with Crippen LogP contribution in [0.15, 0.2) is 22.7 Å². The van der Waals surface area contributed by atoms with Crippen LogP contribution in [0.5, 0.6) is 0 Å². The van der Waals surface area contributed by atoms with Gasteiger partial charge in [-0.25, -0.2) is 8.42 Å². The molecule has 5 nitrogen and oxygen atoms in total. The molecule has 0 unspecified atom stereocenters. The van der Waals surface area contributed by atoms with Gasteiger partial charge in [0.1, 0.15) is 6.54 Å². The molecular weight excluding hydrogens is 368 g/mol. The van der Waals surface area contributed by atoms with Crippen molar-refractivity contribution in [3.8, 4) is 0 Å². The van der Waals surface area contributed by atoms with Gasteiger partial charge in [0.2, 0.25) is 15.9 Å². The fourth-order valence-electron chi connectivity index (χ4n) is 1.95. The van der Waals surface area contributed by atoms with Crippen LogP contribution in [-0.2, 0) is 14.8 Å². The average Bonchev–Trinajstić information content (AvgIpc) is 2.43. The summed E-state index contributed by atoms with van der Waals surface area (Å²) in [6.45, 7) is 4.38.